The van der Waals surface area contributed by atoms with Crippen molar-refractivity contribution in [1.29, 1.82) is 0 Å². The van der Waals surface area contributed by atoms with Crippen molar-refractivity contribution in [1.82, 2.24) is 5.32 Å². The second-order valence-electron chi connectivity index (χ2n) is 21.1. The molecular weight excluding hydrogens is 831 g/mol. The third kappa shape index (κ3) is 55.3. The molecule has 2 unspecified atom stereocenters. The molecule has 0 fully saturated rings. The lowest BCUT2D eigenvalue weighted by molar-refractivity contribution is -0.123. The number of amides is 1. The van der Waals surface area contributed by atoms with Crippen LogP contribution in [0.25, 0.3) is 0 Å². The van der Waals surface area contributed by atoms with E-state index in [4.69, 9.17) is 0 Å². The van der Waals surface area contributed by atoms with E-state index >= 15 is 0 Å². The van der Waals surface area contributed by atoms with E-state index in [9.17, 15) is 15.0 Å². The van der Waals surface area contributed by atoms with Crippen molar-refractivity contribution in [3.8, 4) is 0 Å². The third-order valence-electron chi connectivity index (χ3n) is 14.4. The molecule has 1 amide bonds. The Morgan fingerprint density at radius 2 is 0.647 bits per heavy atom. The number of rotatable bonds is 57. The van der Waals surface area contributed by atoms with Gasteiger partial charge in [0, 0.05) is 6.42 Å². The van der Waals surface area contributed by atoms with Gasteiger partial charge >= 0.3 is 0 Å². The summed E-state index contributed by atoms with van der Waals surface area (Å²) in [5, 5.41) is 23.4. The average Bonchev–Trinajstić information content (AvgIpc) is 3.34. The summed E-state index contributed by atoms with van der Waals surface area (Å²) in [5.74, 6) is -0.0301. The number of aliphatic hydroxyl groups is 2. The molecule has 0 rings (SSSR count). The number of hydrogen-bond donors (Lipinski definition) is 3. The van der Waals surface area contributed by atoms with Gasteiger partial charge in [-0.15, -0.1) is 0 Å². The van der Waals surface area contributed by atoms with Gasteiger partial charge in [0.25, 0.3) is 0 Å². The Morgan fingerprint density at radius 3 is 0.971 bits per heavy atom. The number of carbonyl (C=O) groups is 1. The Morgan fingerprint density at radius 1 is 0.368 bits per heavy atom. The van der Waals surface area contributed by atoms with Crippen LogP contribution in [0.4, 0.5) is 0 Å². The van der Waals surface area contributed by atoms with Crippen LogP contribution in [0.2, 0.25) is 0 Å². The molecule has 400 valence electrons. The van der Waals surface area contributed by atoms with Crippen LogP contribution in [-0.2, 0) is 4.79 Å². The number of carbonyl (C=O) groups excluding carboxylic acids is 1. The first-order chi connectivity index (χ1) is 33.7. The van der Waals surface area contributed by atoms with Gasteiger partial charge < -0.3 is 15.5 Å². The van der Waals surface area contributed by atoms with Crippen molar-refractivity contribution in [3.05, 3.63) is 48.6 Å². The quantitative estimate of drug-likeness (QED) is 0.0420. The molecule has 0 aliphatic heterocycles. The summed E-state index contributed by atoms with van der Waals surface area (Å²) in [4.78, 5) is 12.5. The minimum absolute atomic E-state index is 0.0301. The van der Waals surface area contributed by atoms with E-state index in [1.165, 1.54) is 257 Å². The van der Waals surface area contributed by atoms with Crippen LogP contribution >= 0.6 is 0 Å². The zero-order valence-electron chi connectivity index (χ0n) is 46.1. The van der Waals surface area contributed by atoms with Crippen LogP contribution in [-0.4, -0.2) is 34.9 Å². The van der Waals surface area contributed by atoms with Gasteiger partial charge in [-0.3, -0.25) is 4.79 Å². The highest BCUT2D eigenvalue weighted by atomic mass is 16.3. The summed E-state index contributed by atoms with van der Waals surface area (Å²) in [6.45, 7) is 4.28. The van der Waals surface area contributed by atoms with Crippen molar-refractivity contribution in [2.24, 2.45) is 0 Å². The molecule has 0 radical (unpaired) electrons. The maximum absolute atomic E-state index is 12.5. The van der Waals surface area contributed by atoms with Gasteiger partial charge in [-0.05, 0) is 51.4 Å². The van der Waals surface area contributed by atoms with Gasteiger partial charge in [-0.25, -0.2) is 0 Å². The number of unbranched alkanes of at least 4 members (excludes halogenated alkanes) is 42. The molecule has 0 bridgehead atoms. The first-order valence-corrected chi connectivity index (χ1v) is 30.8. The Kier molecular flexibility index (Phi) is 58.2. The standard InChI is InChI=1S/C64H121NO3/c1-3-5-7-9-11-13-15-17-19-21-23-25-27-29-30-31-32-33-34-36-37-39-41-43-45-47-49-51-53-55-57-59-63(67)62(61-66)65-64(68)60-58-56-54-52-50-48-46-44-42-40-38-35-28-26-24-22-20-18-16-14-12-10-8-6-4-2/h6,8,12,14,18,20,24,26,62-63,66-67H,3-5,7,9-11,13,15-17,19,21-23,25,27-61H2,1-2H3,(H,65,68)/b8-6-,14-12-,20-18-,26-24-. The summed E-state index contributed by atoms with van der Waals surface area (Å²) in [6.07, 6.45) is 82.7. The molecule has 68 heavy (non-hydrogen) atoms. The van der Waals surface area contributed by atoms with Gasteiger partial charge in [-0.2, -0.15) is 0 Å². The smallest absolute Gasteiger partial charge is 0.220 e. The molecule has 0 spiro atoms. The average molecular weight is 953 g/mol. The number of allylic oxidation sites excluding steroid dienone is 8. The van der Waals surface area contributed by atoms with Gasteiger partial charge in [-0.1, -0.05) is 326 Å². The van der Waals surface area contributed by atoms with Gasteiger partial charge in [0.05, 0.1) is 18.8 Å². The summed E-state index contributed by atoms with van der Waals surface area (Å²) >= 11 is 0. The SMILES string of the molecule is CC/C=C\C/C=C\C/C=C\C/C=C\CCCCCCCCCCCCCCC(=O)NC(CO)C(O)CCCCCCCCCCCCCCCCCCCCCCCCCCCCCCCCC. The maximum Gasteiger partial charge on any atom is 0.220 e. The van der Waals surface area contributed by atoms with Crippen molar-refractivity contribution >= 4 is 5.91 Å². The predicted octanol–water partition coefficient (Wildman–Crippen LogP) is 20.6. The van der Waals surface area contributed by atoms with Crippen LogP contribution < -0.4 is 5.32 Å². The lowest BCUT2D eigenvalue weighted by Crippen LogP contribution is -2.45. The lowest BCUT2D eigenvalue weighted by Gasteiger charge is -2.22. The van der Waals surface area contributed by atoms with Crippen molar-refractivity contribution < 1.29 is 15.0 Å². The topological polar surface area (TPSA) is 69.6 Å². The highest BCUT2D eigenvalue weighted by Crippen LogP contribution is 2.18. The highest BCUT2D eigenvalue weighted by Gasteiger charge is 2.20. The van der Waals surface area contributed by atoms with Crippen LogP contribution in [0.1, 0.15) is 335 Å². The van der Waals surface area contributed by atoms with Crippen molar-refractivity contribution in [3.63, 3.8) is 0 Å². The molecule has 3 N–H and O–H groups in total. The van der Waals surface area contributed by atoms with E-state index in [1.54, 1.807) is 0 Å². The molecule has 0 aliphatic rings. The third-order valence-corrected chi connectivity index (χ3v) is 14.4. The molecule has 4 heteroatoms. The van der Waals surface area contributed by atoms with E-state index in [0.717, 1.165) is 51.4 Å². The largest absolute Gasteiger partial charge is 0.394 e. The highest BCUT2D eigenvalue weighted by molar-refractivity contribution is 5.76. The second-order valence-corrected chi connectivity index (χ2v) is 21.1. The Bertz CT molecular complexity index is 1080. The van der Waals surface area contributed by atoms with Gasteiger partial charge in [0.1, 0.15) is 0 Å². The molecule has 0 aromatic rings. The number of hydrogen-bond acceptors (Lipinski definition) is 3. The summed E-state index contributed by atoms with van der Waals surface area (Å²) < 4.78 is 0. The molecular formula is C64H121NO3. The lowest BCUT2D eigenvalue weighted by atomic mass is 10.0. The van der Waals surface area contributed by atoms with Crippen molar-refractivity contribution in [2.75, 3.05) is 6.61 Å². The van der Waals surface area contributed by atoms with E-state index in [0.29, 0.717) is 12.8 Å². The fourth-order valence-corrected chi connectivity index (χ4v) is 9.71. The van der Waals surface area contributed by atoms with Crippen molar-refractivity contribution in [2.45, 2.75) is 347 Å². The molecule has 0 saturated carbocycles. The monoisotopic (exact) mass is 952 g/mol. The zero-order chi connectivity index (χ0) is 49.2. The molecule has 0 heterocycles. The van der Waals surface area contributed by atoms with Crippen LogP contribution in [0.5, 0.6) is 0 Å². The van der Waals surface area contributed by atoms with Crippen LogP contribution in [0, 0.1) is 0 Å². The number of nitrogens with one attached hydrogen (secondary N) is 1. The Hall–Kier alpha value is -1.65. The van der Waals surface area contributed by atoms with E-state index < -0.39 is 12.1 Å². The molecule has 0 aromatic heterocycles. The first kappa shape index (κ1) is 66.3. The van der Waals surface area contributed by atoms with E-state index in [2.05, 4.69) is 67.8 Å². The van der Waals surface area contributed by atoms with E-state index in [1.807, 2.05) is 0 Å². The fraction of sp³-hybridized carbons (Fsp3) is 0.859. The molecule has 4 nitrogen and oxygen atoms in total. The fourth-order valence-electron chi connectivity index (χ4n) is 9.71. The molecule has 0 aromatic carbocycles. The summed E-state index contributed by atoms with van der Waals surface area (Å²) in [7, 11) is 0. The number of aliphatic hydroxyl groups excluding tert-OH is 2. The second kappa shape index (κ2) is 59.7. The minimum atomic E-state index is -0.663. The Labute approximate surface area is 426 Å². The van der Waals surface area contributed by atoms with E-state index in [-0.39, 0.29) is 12.5 Å². The minimum Gasteiger partial charge on any atom is -0.394 e. The summed E-state index contributed by atoms with van der Waals surface area (Å²) in [6, 6.07) is -0.540. The normalized spacial score (nSPS) is 13.1. The molecule has 0 saturated heterocycles. The van der Waals surface area contributed by atoms with Crippen LogP contribution in [0.15, 0.2) is 48.6 Å². The zero-order valence-corrected chi connectivity index (χ0v) is 46.1. The summed E-state index contributed by atoms with van der Waals surface area (Å²) in [5.41, 5.74) is 0. The predicted molar refractivity (Wildman–Crippen MR) is 304 cm³/mol. The van der Waals surface area contributed by atoms with Gasteiger partial charge in [0.2, 0.25) is 5.91 Å². The molecule has 0 aliphatic carbocycles. The molecule has 2 atom stereocenters. The van der Waals surface area contributed by atoms with Crippen LogP contribution in [0.3, 0.4) is 0 Å². The maximum atomic E-state index is 12.5. The Balaban J connectivity index is 3.42. The first-order valence-electron chi connectivity index (χ1n) is 30.8. The van der Waals surface area contributed by atoms with Gasteiger partial charge in [0.15, 0.2) is 0 Å².